The number of nitrogens with one attached hydrogen (secondary N) is 1. The van der Waals surface area contributed by atoms with E-state index in [2.05, 4.69) is 10.2 Å². The van der Waals surface area contributed by atoms with Crippen LogP contribution in [-0.4, -0.2) is 50.8 Å². The van der Waals surface area contributed by atoms with E-state index < -0.39 is 0 Å². The molecule has 1 aliphatic rings. The lowest BCUT2D eigenvalue weighted by atomic mass is 10.3. The molecule has 0 saturated carbocycles. The van der Waals surface area contributed by atoms with Gasteiger partial charge in [-0.3, -0.25) is 4.90 Å². The molecule has 1 aromatic heterocycles. The average molecular weight is 224 g/mol. The van der Waals surface area contributed by atoms with Crippen LogP contribution in [0.15, 0.2) is 22.8 Å². The van der Waals surface area contributed by atoms with Gasteiger partial charge in [0.2, 0.25) is 0 Å². The molecular formula is C12H20N2O2. The van der Waals surface area contributed by atoms with Gasteiger partial charge in [-0.25, -0.2) is 0 Å². The second-order valence-corrected chi connectivity index (χ2v) is 4.03. The molecule has 2 heterocycles. The molecule has 0 bridgehead atoms. The van der Waals surface area contributed by atoms with Gasteiger partial charge in [-0.1, -0.05) is 0 Å². The van der Waals surface area contributed by atoms with Gasteiger partial charge in [0.25, 0.3) is 0 Å². The molecule has 4 heteroatoms. The highest BCUT2D eigenvalue weighted by Gasteiger charge is 2.08. The second kappa shape index (κ2) is 6.68. The predicted octanol–water partition coefficient (Wildman–Crippen LogP) is 0.744. The third kappa shape index (κ3) is 3.96. The zero-order valence-corrected chi connectivity index (χ0v) is 9.65. The Bertz CT molecular complexity index is 269. The van der Waals surface area contributed by atoms with Crippen LogP contribution >= 0.6 is 0 Å². The first-order chi connectivity index (χ1) is 7.95. The highest BCUT2D eigenvalue weighted by atomic mass is 16.5. The number of nitrogens with zero attached hydrogens (tertiary/aromatic N) is 1. The number of ether oxygens (including phenoxy) is 1. The predicted molar refractivity (Wildman–Crippen MR) is 62.5 cm³/mol. The highest BCUT2D eigenvalue weighted by Crippen LogP contribution is 2.00. The van der Waals surface area contributed by atoms with Gasteiger partial charge in [0.15, 0.2) is 0 Å². The van der Waals surface area contributed by atoms with Crippen LogP contribution in [0.1, 0.15) is 5.76 Å². The van der Waals surface area contributed by atoms with E-state index in [1.54, 1.807) is 6.26 Å². The van der Waals surface area contributed by atoms with E-state index in [-0.39, 0.29) is 0 Å². The molecule has 16 heavy (non-hydrogen) atoms. The Hall–Kier alpha value is -0.840. The molecule has 0 atom stereocenters. The van der Waals surface area contributed by atoms with Gasteiger partial charge in [0.1, 0.15) is 5.76 Å². The van der Waals surface area contributed by atoms with Gasteiger partial charge in [0, 0.05) is 39.1 Å². The summed E-state index contributed by atoms with van der Waals surface area (Å²) in [5, 5.41) is 3.34. The summed E-state index contributed by atoms with van der Waals surface area (Å²) in [6.45, 7) is 7.10. The summed E-state index contributed by atoms with van der Waals surface area (Å²) in [4.78, 5) is 2.43. The Balaban J connectivity index is 1.48. The van der Waals surface area contributed by atoms with Crippen LogP contribution in [0.25, 0.3) is 0 Å². The molecule has 0 unspecified atom stereocenters. The molecule has 0 spiro atoms. The highest BCUT2D eigenvalue weighted by molar-refractivity contribution is 4.97. The van der Waals surface area contributed by atoms with Crippen molar-refractivity contribution in [3.8, 4) is 0 Å². The summed E-state index contributed by atoms with van der Waals surface area (Å²) in [5.41, 5.74) is 0. The van der Waals surface area contributed by atoms with E-state index in [0.29, 0.717) is 0 Å². The first kappa shape index (κ1) is 11.6. The van der Waals surface area contributed by atoms with Crippen molar-refractivity contribution in [2.75, 3.05) is 45.9 Å². The summed E-state index contributed by atoms with van der Waals surface area (Å²) < 4.78 is 10.8. The fraction of sp³-hybridized carbons (Fsp3) is 0.667. The Kier molecular flexibility index (Phi) is 4.86. The molecule has 1 saturated heterocycles. The third-order valence-corrected chi connectivity index (χ3v) is 2.83. The Morgan fingerprint density at radius 2 is 2.19 bits per heavy atom. The van der Waals surface area contributed by atoms with Crippen LogP contribution in [-0.2, 0) is 11.2 Å². The molecule has 0 radical (unpaired) electrons. The zero-order chi connectivity index (χ0) is 11.1. The lowest BCUT2D eigenvalue weighted by Gasteiger charge is -2.26. The topological polar surface area (TPSA) is 37.6 Å². The van der Waals surface area contributed by atoms with Crippen LogP contribution in [0.3, 0.4) is 0 Å². The summed E-state index contributed by atoms with van der Waals surface area (Å²) in [7, 11) is 0. The number of hydrogen-bond acceptors (Lipinski definition) is 4. The summed E-state index contributed by atoms with van der Waals surface area (Å²) in [6.07, 6.45) is 2.57. The smallest absolute Gasteiger partial charge is 0.106 e. The van der Waals surface area contributed by atoms with Gasteiger partial charge in [-0.05, 0) is 12.1 Å². The third-order valence-electron chi connectivity index (χ3n) is 2.83. The van der Waals surface area contributed by atoms with Crippen molar-refractivity contribution in [2.24, 2.45) is 0 Å². The Morgan fingerprint density at radius 3 is 2.94 bits per heavy atom. The zero-order valence-electron chi connectivity index (χ0n) is 9.65. The van der Waals surface area contributed by atoms with Gasteiger partial charge in [0.05, 0.1) is 19.5 Å². The van der Waals surface area contributed by atoms with Crippen molar-refractivity contribution in [1.29, 1.82) is 0 Å². The summed E-state index contributed by atoms with van der Waals surface area (Å²) in [5.74, 6) is 1.00. The first-order valence-corrected chi connectivity index (χ1v) is 5.98. The Morgan fingerprint density at radius 1 is 1.31 bits per heavy atom. The molecule has 1 fully saturated rings. The van der Waals surface area contributed by atoms with Crippen molar-refractivity contribution in [1.82, 2.24) is 10.2 Å². The molecule has 1 aromatic rings. The molecule has 0 amide bonds. The van der Waals surface area contributed by atoms with Crippen LogP contribution < -0.4 is 5.32 Å². The molecule has 2 rings (SSSR count). The van der Waals surface area contributed by atoms with Gasteiger partial charge >= 0.3 is 0 Å². The van der Waals surface area contributed by atoms with Crippen LogP contribution in [0.5, 0.6) is 0 Å². The minimum atomic E-state index is 0.750. The van der Waals surface area contributed by atoms with E-state index in [4.69, 9.17) is 9.15 Å². The number of piperazine rings is 1. The van der Waals surface area contributed by atoms with Gasteiger partial charge in [-0.15, -0.1) is 0 Å². The molecule has 1 aliphatic heterocycles. The van der Waals surface area contributed by atoms with E-state index in [1.165, 1.54) is 0 Å². The fourth-order valence-electron chi connectivity index (χ4n) is 1.86. The van der Waals surface area contributed by atoms with E-state index >= 15 is 0 Å². The van der Waals surface area contributed by atoms with Crippen molar-refractivity contribution in [3.63, 3.8) is 0 Å². The maximum Gasteiger partial charge on any atom is 0.106 e. The lowest BCUT2D eigenvalue weighted by Crippen LogP contribution is -2.44. The fourth-order valence-corrected chi connectivity index (χ4v) is 1.86. The van der Waals surface area contributed by atoms with E-state index in [1.807, 2.05) is 12.1 Å². The van der Waals surface area contributed by atoms with Crippen molar-refractivity contribution in [3.05, 3.63) is 24.2 Å². The minimum Gasteiger partial charge on any atom is -0.469 e. The molecule has 90 valence electrons. The number of hydrogen-bond donors (Lipinski definition) is 1. The van der Waals surface area contributed by atoms with Crippen LogP contribution in [0, 0.1) is 0 Å². The van der Waals surface area contributed by atoms with Crippen molar-refractivity contribution < 1.29 is 9.15 Å². The van der Waals surface area contributed by atoms with Crippen molar-refractivity contribution in [2.45, 2.75) is 6.42 Å². The monoisotopic (exact) mass is 224 g/mol. The molecule has 1 N–H and O–H groups in total. The first-order valence-electron chi connectivity index (χ1n) is 5.98. The summed E-state index contributed by atoms with van der Waals surface area (Å²) in [6, 6.07) is 3.90. The van der Waals surface area contributed by atoms with E-state index in [0.717, 1.165) is 58.1 Å². The maximum absolute atomic E-state index is 5.59. The lowest BCUT2D eigenvalue weighted by molar-refractivity contribution is 0.0989. The average Bonchev–Trinajstić information content (AvgIpc) is 2.83. The standard InChI is InChI=1S/C12H20N2O2/c1-2-12(16-9-1)3-10-15-11-8-14-6-4-13-5-7-14/h1-2,9,13H,3-8,10-11H2. The molecule has 4 nitrogen and oxygen atoms in total. The minimum absolute atomic E-state index is 0.750. The second-order valence-electron chi connectivity index (χ2n) is 4.03. The van der Waals surface area contributed by atoms with Crippen molar-refractivity contribution >= 4 is 0 Å². The van der Waals surface area contributed by atoms with Gasteiger partial charge < -0.3 is 14.5 Å². The SMILES string of the molecule is c1coc(CCOCCN2CCNCC2)c1. The number of rotatable bonds is 6. The van der Waals surface area contributed by atoms with Crippen LogP contribution in [0.2, 0.25) is 0 Å². The van der Waals surface area contributed by atoms with Crippen LogP contribution in [0.4, 0.5) is 0 Å². The normalized spacial score (nSPS) is 17.8. The molecular weight excluding hydrogens is 204 g/mol. The number of furan rings is 1. The van der Waals surface area contributed by atoms with Gasteiger partial charge in [-0.2, -0.15) is 0 Å². The quantitative estimate of drug-likeness (QED) is 0.723. The molecule has 0 aromatic carbocycles. The maximum atomic E-state index is 5.59. The Labute approximate surface area is 96.6 Å². The largest absolute Gasteiger partial charge is 0.469 e. The molecule has 0 aliphatic carbocycles. The summed E-state index contributed by atoms with van der Waals surface area (Å²) >= 11 is 0. The van der Waals surface area contributed by atoms with E-state index in [9.17, 15) is 0 Å².